The summed E-state index contributed by atoms with van der Waals surface area (Å²) in [5.74, 6) is -1.34. The van der Waals surface area contributed by atoms with Crippen LogP contribution in [0.15, 0.2) is 43.2 Å². The van der Waals surface area contributed by atoms with E-state index < -0.39 is 11.6 Å². The van der Waals surface area contributed by atoms with Crippen LogP contribution < -0.4 is 5.32 Å². The first-order valence-electron chi connectivity index (χ1n) is 5.06. The molecule has 3 nitrogen and oxygen atoms in total. The van der Waals surface area contributed by atoms with Gasteiger partial charge < -0.3 is 5.32 Å². The zero-order valence-electron chi connectivity index (χ0n) is 9.03. The van der Waals surface area contributed by atoms with Crippen LogP contribution in [-0.4, -0.2) is 16.1 Å². The van der Waals surface area contributed by atoms with Crippen molar-refractivity contribution in [2.45, 2.75) is 0 Å². The van der Waals surface area contributed by atoms with Gasteiger partial charge in [0.25, 0.3) is 0 Å². The van der Waals surface area contributed by atoms with E-state index in [-0.39, 0.29) is 5.69 Å². The molecule has 2 rings (SSSR count). The summed E-state index contributed by atoms with van der Waals surface area (Å²) in [7, 11) is 0. The lowest BCUT2D eigenvalue weighted by Crippen LogP contribution is -2.07. The predicted octanol–water partition coefficient (Wildman–Crippen LogP) is 2.75. The van der Waals surface area contributed by atoms with Crippen molar-refractivity contribution in [1.82, 2.24) is 9.55 Å². The van der Waals surface area contributed by atoms with E-state index in [1.807, 2.05) is 0 Å². The Bertz CT molecular complexity index is 534. The Morgan fingerprint density at radius 1 is 1.41 bits per heavy atom. The van der Waals surface area contributed by atoms with Crippen LogP contribution in [0.4, 0.5) is 14.7 Å². The molecule has 1 aromatic heterocycles. The molecule has 0 saturated carbocycles. The van der Waals surface area contributed by atoms with Crippen molar-refractivity contribution >= 4 is 5.95 Å². The average molecular weight is 235 g/mol. The fourth-order valence-corrected chi connectivity index (χ4v) is 1.47. The van der Waals surface area contributed by atoms with E-state index >= 15 is 0 Å². The Labute approximate surface area is 97.4 Å². The van der Waals surface area contributed by atoms with E-state index in [0.29, 0.717) is 12.5 Å². The summed E-state index contributed by atoms with van der Waals surface area (Å²) in [5.41, 5.74) is 0.120. The number of nitrogens with one attached hydrogen (secondary N) is 1. The quantitative estimate of drug-likeness (QED) is 0.826. The van der Waals surface area contributed by atoms with E-state index in [1.165, 1.54) is 22.9 Å². The van der Waals surface area contributed by atoms with Crippen molar-refractivity contribution in [3.63, 3.8) is 0 Å². The van der Waals surface area contributed by atoms with Gasteiger partial charge in [-0.1, -0.05) is 12.1 Å². The summed E-state index contributed by atoms with van der Waals surface area (Å²) in [6.45, 7) is 4.05. The Morgan fingerprint density at radius 2 is 2.24 bits per heavy atom. The molecule has 0 amide bonds. The zero-order valence-corrected chi connectivity index (χ0v) is 9.03. The van der Waals surface area contributed by atoms with Gasteiger partial charge in [-0.2, -0.15) is 0 Å². The molecule has 0 fully saturated rings. The van der Waals surface area contributed by atoms with Gasteiger partial charge in [0.1, 0.15) is 0 Å². The van der Waals surface area contributed by atoms with Gasteiger partial charge >= 0.3 is 0 Å². The van der Waals surface area contributed by atoms with Crippen molar-refractivity contribution in [2.75, 3.05) is 11.9 Å². The number of aromatic nitrogens is 2. The van der Waals surface area contributed by atoms with E-state index in [4.69, 9.17) is 0 Å². The number of hydrogen-bond donors (Lipinski definition) is 1. The lowest BCUT2D eigenvalue weighted by atomic mass is 10.3. The molecule has 0 bridgehead atoms. The van der Waals surface area contributed by atoms with Gasteiger partial charge in [0.15, 0.2) is 11.6 Å². The molecule has 1 N–H and O–H groups in total. The number of nitrogens with zero attached hydrogens (tertiary/aromatic N) is 2. The summed E-state index contributed by atoms with van der Waals surface area (Å²) in [4.78, 5) is 4.02. The third-order valence-electron chi connectivity index (χ3n) is 2.24. The van der Waals surface area contributed by atoms with Crippen LogP contribution >= 0.6 is 0 Å². The molecule has 0 spiro atoms. The molecule has 88 valence electrons. The molecule has 0 aliphatic carbocycles. The molecule has 0 atom stereocenters. The van der Waals surface area contributed by atoms with Crippen LogP contribution in [0.5, 0.6) is 0 Å². The molecule has 0 saturated heterocycles. The SMILES string of the molecule is C=CCNc1nccn1-c1cccc(F)c1F. The van der Waals surface area contributed by atoms with Gasteiger partial charge in [0, 0.05) is 18.9 Å². The minimum atomic E-state index is -0.896. The Hall–Kier alpha value is -2.17. The molecule has 1 heterocycles. The third-order valence-corrected chi connectivity index (χ3v) is 2.24. The van der Waals surface area contributed by atoms with Crippen LogP contribution in [0.1, 0.15) is 0 Å². The molecular formula is C12H11F2N3. The van der Waals surface area contributed by atoms with Crippen LogP contribution in [0.3, 0.4) is 0 Å². The number of hydrogen-bond acceptors (Lipinski definition) is 2. The molecule has 5 heteroatoms. The minimum Gasteiger partial charge on any atom is -0.352 e. The topological polar surface area (TPSA) is 29.9 Å². The maximum atomic E-state index is 13.6. The lowest BCUT2D eigenvalue weighted by molar-refractivity contribution is 0.504. The van der Waals surface area contributed by atoms with Gasteiger partial charge in [-0.05, 0) is 12.1 Å². The first-order chi connectivity index (χ1) is 8.24. The molecular weight excluding hydrogens is 224 g/mol. The van der Waals surface area contributed by atoms with Gasteiger partial charge in [-0.15, -0.1) is 6.58 Å². The van der Waals surface area contributed by atoms with Crippen LogP contribution in [0.25, 0.3) is 5.69 Å². The monoisotopic (exact) mass is 235 g/mol. The smallest absolute Gasteiger partial charge is 0.207 e. The highest BCUT2D eigenvalue weighted by Gasteiger charge is 2.12. The molecule has 17 heavy (non-hydrogen) atoms. The van der Waals surface area contributed by atoms with E-state index in [9.17, 15) is 8.78 Å². The number of anilines is 1. The standard InChI is InChI=1S/C12H11F2N3/c1-2-6-15-12-16-7-8-17(12)10-5-3-4-9(13)11(10)14/h2-5,7-8H,1,6H2,(H,15,16). The van der Waals surface area contributed by atoms with Gasteiger partial charge in [0.2, 0.25) is 5.95 Å². The number of benzene rings is 1. The first-order valence-corrected chi connectivity index (χ1v) is 5.06. The summed E-state index contributed by atoms with van der Waals surface area (Å²) in [6, 6.07) is 4.01. The first kappa shape index (κ1) is 11.3. The van der Waals surface area contributed by atoms with Crippen molar-refractivity contribution in [3.05, 3.63) is 54.9 Å². The molecule has 0 radical (unpaired) electrons. The molecule has 1 aromatic carbocycles. The highest BCUT2D eigenvalue weighted by molar-refractivity contribution is 5.43. The normalized spacial score (nSPS) is 10.2. The summed E-state index contributed by atoms with van der Waals surface area (Å²) in [5, 5.41) is 2.93. The second-order valence-corrected chi connectivity index (χ2v) is 3.36. The fourth-order valence-electron chi connectivity index (χ4n) is 1.47. The second-order valence-electron chi connectivity index (χ2n) is 3.36. The Balaban J connectivity index is 2.42. The van der Waals surface area contributed by atoms with Gasteiger partial charge in [0.05, 0.1) is 5.69 Å². The lowest BCUT2D eigenvalue weighted by Gasteiger charge is -2.09. The minimum absolute atomic E-state index is 0.120. The average Bonchev–Trinajstić information content (AvgIpc) is 2.78. The Morgan fingerprint density at radius 3 is 3.00 bits per heavy atom. The Kier molecular flexibility index (Phi) is 3.18. The van der Waals surface area contributed by atoms with E-state index in [2.05, 4.69) is 16.9 Å². The number of imidazole rings is 1. The predicted molar refractivity (Wildman–Crippen MR) is 62.2 cm³/mol. The molecule has 2 aromatic rings. The summed E-state index contributed by atoms with van der Waals surface area (Å²) in [6.07, 6.45) is 4.72. The highest BCUT2D eigenvalue weighted by atomic mass is 19.2. The van der Waals surface area contributed by atoms with Crippen LogP contribution in [-0.2, 0) is 0 Å². The van der Waals surface area contributed by atoms with Crippen molar-refractivity contribution in [2.24, 2.45) is 0 Å². The van der Waals surface area contributed by atoms with Crippen LogP contribution in [0.2, 0.25) is 0 Å². The summed E-state index contributed by atoms with van der Waals surface area (Å²) >= 11 is 0. The van der Waals surface area contributed by atoms with E-state index in [0.717, 1.165) is 6.07 Å². The largest absolute Gasteiger partial charge is 0.352 e. The fraction of sp³-hybridized carbons (Fsp3) is 0.0833. The maximum Gasteiger partial charge on any atom is 0.207 e. The second kappa shape index (κ2) is 4.78. The zero-order chi connectivity index (χ0) is 12.3. The summed E-state index contributed by atoms with van der Waals surface area (Å²) < 4.78 is 28.2. The van der Waals surface area contributed by atoms with Gasteiger partial charge in [-0.25, -0.2) is 13.8 Å². The highest BCUT2D eigenvalue weighted by Crippen LogP contribution is 2.19. The molecule has 0 unspecified atom stereocenters. The number of rotatable bonds is 4. The van der Waals surface area contributed by atoms with Gasteiger partial charge in [-0.3, -0.25) is 4.57 Å². The van der Waals surface area contributed by atoms with Crippen LogP contribution in [0, 0.1) is 11.6 Å². The third kappa shape index (κ3) is 2.18. The van der Waals surface area contributed by atoms with Crippen molar-refractivity contribution in [1.29, 1.82) is 0 Å². The van der Waals surface area contributed by atoms with Crippen molar-refractivity contribution in [3.8, 4) is 5.69 Å². The van der Waals surface area contributed by atoms with Crippen molar-refractivity contribution < 1.29 is 8.78 Å². The van der Waals surface area contributed by atoms with E-state index in [1.54, 1.807) is 12.3 Å². The molecule has 0 aliphatic rings. The maximum absolute atomic E-state index is 13.6. The number of halogens is 2. The molecule has 0 aliphatic heterocycles.